The lowest BCUT2D eigenvalue weighted by molar-refractivity contribution is -0.118. The minimum Gasteiger partial charge on any atom is -0.282 e. The molecule has 2 aromatic carbocycles. The van der Waals surface area contributed by atoms with Crippen LogP contribution in [0.5, 0.6) is 0 Å². The maximum absolute atomic E-state index is 13.4. The van der Waals surface area contributed by atoms with Crippen LogP contribution in [0.3, 0.4) is 0 Å². The molecule has 1 amide bonds. The highest BCUT2D eigenvalue weighted by atomic mass is 35.5. The first-order valence-electron chi connectivity index (χ1n) is 9.74. The predicted octanol–water partition coefficient (Wildman–Crippen LogP) is 6.05. The van der Waals surface area contributed by atoms with Crippen LogP contribution in [0, 0.1) is 20.8 Å². The number of halogens is 1. The summed E-state index contributed by atoms with van der Waals surface area (Å²) in [6.07, 6.45) is 2.05. The minimum absolute atomic E-state index is 0.00767. The average molecular weight is 436 g/mol. The highest BCUT2D eigenvalue weighted by Crippen LogP contribution is 2.34. The Morgan fingerprint density at radius 2 is 1.90 bits per heavy atom. The van der Waals surface area contributed by atoms with Crippen LogP contribution >= 0.6 is 22.9 Å². The van der Waals surface area contributed by atoms with Crippen molar-refractivity contribution in [1.82, 2.24) is 9.97 Å². The number of aromatic nitrogens is 2. The van der Waals surface area contributed by atoms with Crippen LogP contribution in [0.15, 0.2) is 54.7 Å². The van der Waals surface area contributed by atoms with E-state index in [2.05, 4.69) is 31.0 Å². The zero-order valence-corrected chi connectivity index (χ0v) is 18.7. The van der Waals surface area contributed by atoms with Crippen LogP contribution in [0.1, 0.15) is 27.9 Å². The normalized spacial score (nSPS) is 11.1. The molecule has 0 aliphatic rings. The lowest BCUT2D eigenvalue weighted by atomic mass is 10.0. The number of hydrogen-bond donors (Lipinski definition) is 0. The van der Waals surface area contributed by atoms with E-state index >= 15 is 0 Å². The summed E-state index contributed by atoms with van der Waals surface area (Å²) in [5.74, 6) is -0.00767. The Kier molecular flexibility index (Phi) is 5.84. The Hall–Kier alpha value is -2.76. The molecule has 152 valence electrons. The molecule has 0 N–H and O–H groups in total. The molecule has 0 bridgehead atoms. The Morgan fingerprint density at radius 3 is 2.63 bits per heavy atom. The van der Waals surface area contributed by atoms with Gasteiger partial charge in [-0.3, -0.25) is 14.7 Å². The number of thiazole rings is 1. The van der Waals surface area contributed by atoms with Crippen molar-refractivity contribution in [2.24, 2.45) is 0 Å². The van der Waals surface area contributed by atoms with Gasteiger partial charge < -0.3 is 0 Å². The summed E-state index contributed by atoms with van der Waals surface area (Å²) in [6, 6.07) is 15.7. The van der Waals surface area contributed by atoms with E-state index in [9.17, 15) is 4.79 Å². The summed E-state index contributed by atoms with van der Waals surface area (Å²) in [6.45, 7) is 6.46. The molecule has 0 aliphatic heterocycles. The Labute approximate surface area is 185 Å². The zero-order valence-electron chi connectivity index (χ0n) is 17.1. The SMILES string of the molecule is Cc1ccc(CC(=O)N(Cc2ccccn2)c2nc3c(C)c(Cl)ccc3s2)cc1C. The number of aryl methyl sites for hydroxylation is 3. The van der Waals surface area contributed by atoms with E-state index in [1.165, 1.54) is 22.5 Å². The molecule has 2 heterocycles. The van der Waals surface area contributed by atoms with E-state index in [-0.39, 0.29) is 5.91 Å². The molecule has 4 nitrogen and oxygen atoms in total. The Morgan fingerprint density at radius 1 is 1.07 bits per heavy atom. The third-order valence-electron chi connectivity index (χ3n) is 5.24. The van der Waals surface area contributed by atoms with Gasteiger partial charge in [-0.1, -0.05) is 47.2 Å². The maximum Gasteiger partial charge on any atom is 0.233 e. The van der Waals surface area contributed by atoms with Gasteiger partial charge in [-0.05, 0) is 67.3 Å². The zero-order chi connectivity index (χ0) is 21.3. The fourth-order valence-corrected chi connectivity index (χ4v) is 4.50. The Balaban J connectivity index is 1.71. The lowest BCUT2D eigenvalue weighted by Crippen LogP contribution is -2.32. The molecule has 0 spiro atoms. The molecule has 0 atom stereocenters. The van der Waals surface area contributed by atoms with Gasteiger partial charge >= 0.3 is 0 Å². The fraction of sp³-hybridized carbons (Fsp3) is 0.208. The monoisotopic (exact) mass is 435 g/mol. The standard InChI is InChI=1S/C24H22ClN3OS/c1-15-7-8-18(12-16(15)2)13-22(29)28(14-19-6-4-5-11-26-19)24-27-23-17(3)20(25)9-10-21(23)30-24/h4-12H,13-14H2,1-3H3. The molecule has 4 rings (SSSR count). The molecule has 0 fully saturated rings. The summed E-state index contributed by atoms with van der Waals surface area (Å²) >= 11 is 7.78. The summed E-state index contributed by atoms with van der Waals surface area (Å²) in [4.78, 5) is 24.3. The third kappa shape index (κ3) is 4.23. The van der Waals surface area contributed by atoms with Crippen molar-refractivity contribution in [1.29, 1.82) is 0 Å². The van der Waals surface area contributed by atoms with Crippen molar-refractivity contribution in [2.75, 3.05) is 4.90 Å². The van der Waals surface area contributed by atoms with Crippen LogP contribution in [0.25, 0.3) is 10.2 Å². The number of rotatable bonds is 5. The van der Waals surface area contributed by atoms with E-state index in [0.717, 1.165) is 27.0 Å². The van der Waals surface area contributed by atoms with Crippen LogP contribution in [-0.4, -0.2) is 15.9 Å². The number of nitrogens with zero attached hydrogens (tertiary/aromatic N) is 3. The van der Waals surface area contributed by atoms with Gasteiger partial charge in [0.2, 0.25) is 5.91 Å². The first-order chi connectivity index (χ1) is 14.4. The summed E-state index contributed by atoms with van der Waals surface area (Å²) in [7, 11) is 0. The number of anilines is 1. The first-order valence-corrected chi connectivity index (χ1v) is 10.9. The van der Waals surface area contributed by atoms with Gasteiger partial charge in [0, 0.05) is 11.2 Å². The number of carbonyl (C=O) groups excluding carboxylic acids is 1. The quantitative estimate of drug-likeness (QED) is 0.383. The van der Waals surface area contributed by atoms with Gasteiger partial charge in [0.1, 0.15) is 0 Å². The van der Waals surface area contributed by atoms with E-state index < -0.39 is 0 Å². The van der Waals surface area contributed by atoms with Gasteiger partial charge in [-0.2, -0.15) is 0 Å². The van der Waals surface area contributed by atoms with Gasteiger partial charge in [0.25, 0.3) is 0 Å². The smallest absolute Gasteiger partial charge is 0.233 e. The van der Waals surface area contributed by atoms with E-state index in [4.69, 9.17) is 16.6 Å². The Bertz CT molecular complexity index is 1220. The fourth-order valence-electron chi connectivity index (χ4n) is 3.30. The molecule has 0 saturated carbocycles. The molecule has 0 unspecified atom stereocenters. The molecular weight excluding hydrogens is 414 g/mol. The second kappa shape index (κ2) is 8.54. The molecule has 4 aromatic rings. The third-order valence-corrected chi connectivity index (χ3v) is 6.69. The topological polar surface area (TPSA) is 46.1 Å². The van der Waals surface area contributed by atoms with Crippen LogP contribution in [-0.2, 0) is 17.8 Å². The molecule has 2 aromatic heterocycles. The molecule has 0 radical (unpaired) electrons. The minimum atomic E-state index is -0.00767. The highest BCUT2D eigenvalue weighted by molar-refractivity contribution is 7.22. The van der Waals surface area contributed by atoms with Crippen molar-refractivity contribution in [3.63, 3.8) is 0 Å². The van der Waals surface area contributed by atoms with E-state index in [1.807, 2.05) is 43.3 Å². The van der Waals surface area contributed by atoms with E-state index in [0.29, 0.717) is 23.1 Å². The largest absolute Gasteiger partial charge is 0.282 e. The second-order valence-electron chi connectivity index (χ2n) is 7.41. The predicted molar refractivity (Wildman–Crippen MR) is 124 cm³/mol. The number of fused-ring (bicyclic) bond motifs is 1. The van der Waals surface area contributed by atoms with Gasteiger partial charge in [-0.25, -0.2) is 4.98 Å². The van der Waals surface area contributed by atoms with Crippen LogP contribution in [0.2, 0.25) is 5.02 Å². The lowest BCUT2D eigenvalue weighted by Gasteiger charge is -2.20. The molecule has 30 heavy (non-hydrogen) atoms. The molecule has 6 heteroatoms. The second-order valence-corrected chi connectivity index (χ2v) is 8.83. The van der Waals surface area contributed by atoms with Gasteiger partial charge in [0.15, 0.2) is 5.13 Å². The number of benzene rings is 2. The first kappa shape index (κ1) is 20.5. The molecular formula is C24H22ClN3OS. The summed E-state index contributed by atoms with van der Waals surface area (Å²) in [5, 5.41) is 1.34. The number of amides is 1. The van der Waals surface area contributed by atoms with Crippen molar-refractivity contribution in [2.45, 2.75) is 33.7 Å². The van der Waals surface area contributed by atoms with Gasteiger partial charge in [0.05, 0.1) is 28.9 Å². The van der Waals surface area contributed by atoms with Crippen molar-refractivity contribution < 1.29 is 4.79 Å². The number of carbonyl (C=O) groups is 1. The molecule has 0 aliphatic carbocycles. The van der Waals surface area contributed by atoms with Crippen LogP contribution in [0.4, 0.5) is 5.13 Å². The average Bonchev–Trinajstić information content (AvgIpc) is 3.17. The van der Waals surface area contributed by atoms with E-state index in [1.54, 1.807) is 11.1 Å². The van der Waals surface area contributed by atoms with Gasteiger partial charge in [-0.15, -0.1) is 0 Å². The van der Waals surface area contributed by atoms with Crippen molar-refractivity contribution in [3.8, 4) is 0 Å². The summed E-state index contributed by atoms with van der Waals surface area (Å²) in [5.41, 5.74) is 5.98. The van der Waals surface area contributed by atoms with Crippen LogP contribution < -0.4 is 4.90 Å². The summed E-state index contributed by atoms with van der Waals surface area (Å²) < 4.78 is 1.01. The van der Waals surface area contributed by atoms with Crippen molar-refractivity contribution >= 4 is 44.2 Å². The highest BCUT2D eigenvalue weighted by Gasteiger charge is 2.22. The van der Waals surface area contributed by atoms with Crippen molar-refractivity contribution in [3.05, 3.63) is 87.7 Å². The number of pyridine rings is 1. The molecule has 0 saturated heterocycles. The maximum atomic E-state index is 13.4. The number of hydrogen-bond acceptors (Lipinski definition) is 4.